The quantitative estimate of drug-likeness (QED) is 0.685. The van der Waals surface area contributed by atoms with Crippen LogP contribution in [0.1, 0.15) is 31.4 Å². The van der Waals surface area contributed by atoms with Gasteiger partial charge in [-0.1, -0.05) is 28.9 Å². The van der Waals surface area contributed by atoms with Gasteiger partial charge in [0, 0.05) is 29.4 Å². The molecule has 1 saturated heterocycles. The molecule has 1 N–H and O–H groups in total. The van der Waals surface area contributed by atoms with Crippen LogP contribution in [0.15, 0.2) is 47.0 Å². The van der Waals surface area contributed by atoms with E-state index in [4.69, 9.17) is 16.1 Å². The van der Waals surface area contributed by atoms with Crippen molar-refractivity contribution in [3.63, 3.8) is 0 Å². The number of nitrogens with one attached hydrogen (secondary N) is 1. The minimum absolute atomic E-state index is 0.143. The van der Waals surface area contributed by atoms with Crippen LogP contribution in [0.3, 0.4) is 0 Å². The van der Waals surface area contributed by atoms with Crippen LogP contribution < -0.4 is 10.2 Å². The van der Waals surface area contributed by atoms with Crippen LogP contribution >= 0.6 is 11.6 Å². The molecule has 0 bridgehead atoms. The number of likely N-dealkylation sites (tertiary alicyclic amines) is 1. The molecule has 0 radical (unpaired) electrons. The summed E-state index contributed by atoms with van der Waals surface area (Å²) in [5, 5.41) is 9.49. The van der Waals surface area contributed by atoms with E-state index >= 15 is 0 Å². The first kappa shape index (κ1) is 18.5. The van der Waals surface area contributed by atoms with Crippen LogP contribution in [0, 0.1) is 0 Å². The number of hydrogen-bond donors (Lipinski definition) is 1. The van der Waals surface area contributed by atoms with Gasteiger partial charge in [-0.05, 0) is 50.1 Å². The van der Waals surface area contributed by atoms with E-state index in [9.17, 15) is 4.79 Å². The van der Waals surface area contributed by atoms with Crippen molar-refractivity contribution < 1.29 is 9.32 Å². The van der Waals surface area contributed by atoms with Gasteiger partial charge < -0.3 is 14.7 Å². The van der Waals surface area contributed by atoms with Crippen molar-refractivity contribution in [3.05, 3.63) is 53.2 Å². The number of benzene rings is 2. The van der Waals surface area contributed by atoms with E-state index in [1.54, 1.807) is 6.92 Å². The van der Waals surface area contributed by atoms with E-state index in [0.29, 0.717) is 17.6 Å². The molecule has 150 valence electrons. The lowest BCUT2D eigenvalue weighted by Crippen LogP contribution is -2.54. The Balaban J connectivity index is 1.35. The highest BCUT2D eigenvalue weighted by Crippen LogP contribution is 2.38. The maximum absolute atomic E-state index is 12.6. The Labute approximate surface area is 174 Å². The highest BCUT2D eigenvalue weighted by molar-refractivity contribution is 6.31. The van der Waals surface area contributed by atoms with E-state index in [-0.39, 0.29) is 11.9 Å². The predicted octanol–water partition coefficient (Wildman–Crippen LogP) is 4.47. The van der Waals surface area contributed by atoms with Crippen LogP contribution in [-0.2, 0) is 4.79 Å². The minimum Gasteiger partial charge on any atom is -0.366 e. The lowest BCUT2D eigenvalue weighted by molar-refractivity contribution is -0.122. The fourth-order valence-electron chi connectivity index (χ4n) is 4.66. The molecule has 2 aromatic carbocycles. The third kappa shape index (κ3) is 3.26. The zero-order valence-corrected chi connectivity index (χ0v) is 17.0. The largest absolute Gasteiger partial charge is 0.366 e. The van der Waals surface area contributed by atoms with Gasteiger partial charge in [-0.15, -0.1) is 0 Å². The van der Waals surface area contributed by atoms with E-state index in [2.05, 4.69) is 26.3 Å². The number of rotatable bonds is 4. The Hall–Kier alpha value is -2.57. The van der Waals surface area contributed by atoms with Gasteiger partial charge in [0.15, 0.2) is 11.4 Å². The summed E-state index contributed by atoms with van der Waals surface area (Å²) >= 11 is 6.21. The molecule has 2 aliphatic rings. The van der Waals surface area contributed by atoms with Crippen LogP contribution in [0.25, 0.3) is 11.0 Å². The van der Waals surface area contributed by atoms with Crippen molar-refractivity contribution in [1.29, 1.82) is 0 Å². The van der Waals surface area contributed by atoms with Crippen molar-refractivity contribution in [2.24, 2.45) is 0 Å². The lowest BCUT2D eigenvalue weighted by Gasteiger charge is -2.40. The van der Waals surface area contributed by atoms with Gasteiger partial charge in [0.25, 0.3) is 0 Å². The maximum Gasteiger partial charge on any atom is 0.167 e. The molecule has 1 fully saturated rings. The monoisotopic (exact) mass is 410 g/mol. The first-order valence-corrected chi connectivity index (χ1v) is 10.4. The number of ketones is 1. The highest BCUT2D eigenvalue weighted by atomic mass is 35.5. The van der Waals surface area contributed by atoms with Gasteiger partial charge in [-0.25, -0.2) is 0 Å². The van der Waals surface area contributed by atoms with Gasteiger partial charge >= 0.3 is 0 Å². The topological polar surface area (TPSA) is 61.6 Å². The zero-order chi connectivity index (χ0) is 20.0. The standard InChI is InChI=1S/C22H23ClN4O2/c1-14(28)22(27-13-24-18-7-6-16(23)12-19(18)27)26-10-8-15(9-11-26)21-17-4-2-3-5-20(17)29-25-21/h2-7,12,15,22,24H,8-11,13H2,1H3. The number of Topliss-reactive ketones (excluding diaryl/α,β-unsaturated/α-hetero) is 1. The Morgan fingerprint density at radius 2 is 2.03 bits per heavy atom. The molecule has 7 heteroatoms. The first-order valence-electron chi connectivity index (χ1n) is 10.0. The molecule has 3 heterocycles. The van der Waals surface area contributed by atoms with Crippen molar-refractivity contribution in [1.82, 2.24) is 10.1 Å². The predicted molar refractivity (Wildman–Crippen MR) is 114 cm³/mol. The molecule has 0 aliphatic carbocycles. The van der Waals surface area contributed by atoms with Crippen LogP contribution in [0.4, 0.5) is 11.4 Å². The summed E-state index contributed by atoms with van der Waals surface area (Å²) in [6.07, 6.45) is 1.60. The minimum atomic E-state index is -0.294. The number of halogens is 1. The summed E-state index contributed by atoms with van der Waals surface area (Å²) in [6, 6.07) is 13.8. The van der Waals surface area contributed by atoms with Gasteiger partial charge in [0.05, 0.1) is 23.7 Å². The molecule has 3 aromatic rings. The second-order valence-corrected chi connectivity index (χ2v) is 8.26. The summed E-state index contributed by atoms with van der Waals surface area (Å²) in [6.45, 7) is 3.95. The first-order chi connectivity index (χ1) is 14.1. The average molecular weight is 411 g/mol. The van der Waals surface area contributed by atoms with Crippen molar-refractivity contribution in [2.45, 2.75) is 31.8 Å². The number of nitrogens with zero attached hydrogens (tertiary/aromatic N) is 3. The third-order valence-corrected chi connectivity index (χ3v) is 6.27. The summed E-state index contributed by atoms with van der Waals surface area (Å²) in [5.74, 6) is 0.492. The molecule has 2 aliphatic heterocycles. The van der Waals surface area contributed by atoms with E-state index in [1.165, 1.54) is 0 Å². The number of anilines is 2. The lowest BCUT2D eigenvalue weighted by atomic mass is 9.91. The molecular weight excluding hydrogens is 388 g/mol. The van der Waals surface area contributed by atoms with Gasteiger partial charge in [-0.2, -0.15) is 0 Å². The summed E-state index contributed by atoms with van der Waals surface area (Å²) in [5.41, 5.74) is 3.88. The molecule has 0 amide bonds. The molecule has 0 saturated carbocycles. The SMILES string of the molecule is CC(=O)C(N1CCC(c2noc3ccccc23)CC1)N1CNc2ccc(Cl)cc21. The smallest absolute Gasteiger partial charge is 0.167 e. The number of carbonyl (C=O) groups is 1. The number of para-hydroxylation sites is 1. The summed E-state index contributed by atoms with van der Waals surface area (Å²) < 4.78 is 5.50. The molecular formula is C22H23ClN4O2. The van der Waals surface area contributed by atoms with E-state index in [0.717, 1.165) is 54.0 Å². The van der Waals surface area contributed by atoms with E-state index in [1.807, 2.05) is 36.4 Å². The molecule has 1 atom stereocenters. The summed E-state index contributed by atoms with van der Waals surface area (Å²) in [7, 11) is 0. The zero-order valence-electron chi connectivity index (χ0n) is 16.3. The van der Waals surface area contributed by atoms with Crippen LogP contribution in [0.5, 0.6) is 0 Å². The summed E-state index contributed by atoms with van der Waals surface area (Å²) in [4.78, 5) is 17.0. The molecule has 0 spiro atoms. The Kier molecular flexibility index (Phi) is 4.68. The Bertz CT molecular complexity index is 1060. The van der Waals surface area contributed by atoms with Gasteiger partial charge in [0.1, 0.15) is 6.17 Å². The normalized spacial score (nSPS) is 18.6. The molecule has 5 rings (SSSR count). The average Bonchev–Trinajstić information content (AvgIpc) is 3.33. The van der Waals surface area contributed by atoms with Crippen molar-refractivity contribution in [3.8, 4) is 0 Å². The van der Waals surface area contributed by atoms with Crippen molar-refractivity contribution >= 4 is 39.7 Å². The number of piperidine rings is 1. The van der Waals surface area contributed by atoms with Gasteiger partial charge in [-0.3, -0.25) is 9.69 Å². The van der Waals surface area contributed by atoms with Crippen LogP contribution in [-0.4, -0.2) is 41.8 Å². The van der Waals surface area contributed by atoms with Gasteiger partial charge in [0.2, 0.25) is 0 Å². The molecule has 29 heavy (non-hydrogen) atoms. The molecule has 1 aromatic heterocycles. The number of aromatic nitrogens is 1. The second-order valence-electron chi connectivity index (χ2n) is 7.82. The number of carbonyl (C=O) groups excluding carboxylic acids is 1. The fraction of sp³-hybridized carbons (Fsp3) is 0.364. The third-order valence-electron chi connectivity index (χ3n) is 6.04. The van der Waals surface area contributed by atoms with Crippen molar-refractivity contribution in [2.75, 3.05) is 30.0 Å². The highest BCUT2D eigenvalue weighted by Gasteiger charge is 2.36. The second kappa shape index (κ2) is 7.35. The number of fused-ring (bicyclic) bond motifs is 2. The molecule has 6 nitrogen and oxygen atoms in total. The number of hydrogen-bond acceptors (Lipinski definition) is 6. The molecule has 1 unspecified atom stereocenters. The Morgan fingerprint density at radius 3 is 2.83 bits per heavy atom. The van der Waals surface area contributed by atoms with Crippen LogP contribution in [0.2, 0.25) is 5.02 Å². The Morgan fingerprint density at radius 1 is 1.24 bits per heavy atom. The fourth-order valence-corrected chi connectivity index (χ4v) is 4.82. The maximum atomic E-state index is 12.6. The van der Waals surface area contributed by atoms with E-state index < -0.39 is 0 Å².